The molecule has 0 saturated carbocycles. The Morgan fingerprint density at radius 1 is 1.14 bits per heavy atom. The summed E-state index contributed by atoms with van der Waals surface area (Å²) in [5.74, 6) is 0.435. The highest BCUT2D eigenvalue weighted by Gasteiger charge is 2.21. The lowest BCUT2D eigenvalue weighted by atomic mass is 9.95. The fraction of sp³-hybridized carbons (Fsp3) is 0.278. The second-order valence-corrected chi connectivity index (χ2v) is 6.28. The quantitative estimate of drug-likeness (QED) is 0.878. The summed E-state index contributed by atoms with van der Waals surface area (Å²) in [5, 5.41) is 3.58. The summed E-state index contributed by atoms with van der Waals surface area (Å²) in [6.07, 6.45) is 0.761. The molecule has 2 rings (SSSR count). The van der Waals surface area contributed by atoms with Gasteiger partial charge in [0, 0.05) is 10.6 Å². The summed E-state index contributed by atoms with van der Waals surface area (Å²) >= 11 is 5.88. The van der Waals surface area contributed by atoms with E-state index in [1.54, 1.807) is 24.3 Å². The molecule has 0 aliphatic rings. The molecule has 3 nitrogen and oxygen atoms in total. The van der Waals surface area contributed by atoms with Crippen molar-refractivity contribution in [2.45, 2.75) is 25.8 Å². The van der Waals surface area contributed by atoms with Gasteiger partial charge in [0.25, 0.3) is 5.91 Å². The maximum atomic E-state index is 12.0. The summed E-state index contributed by atoms with van der Waals surface area (Å²) in [4.78, 5) is 12.0. The number of rotatable bonds is 6. The lowest BCUT2D eigenvalue weighted by molar-refractivity contribution is -0.124. The van der Waals surface area contributed by atoms with Crippen LogP contribution in [0.1, 0.15) is 19.4 Å². The van der Waals surface area contributed by atoms with E-state index >= 15 is 0 Å². The molecule has 0 unspecified atom stereocenters. The van der Waals surface area contributed by atoms with Crippen LogP contribution in [0.5, 0.6) is 5.75 Å². The van der Waals surface area contributed by atoms with Gasteiger partial charge in [-0.3, -0.25) is 4.79 Å². The zero-order valence-corrected chi connectivity index (χ0v) is 13.6. The highest BCUT2D eigenvalue weighted by Crippen LogP contribution is 2.17. The van der Waals surface area contributed by atoms with Crippen LogP contribution < -0.4 is 10.1 Å². The van der Waals surface area contributed by atoms with Crippen LogP contribution in [0, 0.1) is 0 Å². The van der Waals surface area contributed by atoms with Gasteiger partial charge in [0.15, 0.2) is 6.61 Å². The Kier molecular flexibility index (Phi) is 5.45. The molecule has 0 aliphatic heterocycles. The van der Waals surface area contributed by atoms with Crippen LogP contribution >= 0.6 is 11.6 Å². The Hall–Kier alpha value is -2.00. The standard InChI is InChI=1S/C18H20ClNO2/c1-18(2,12-14-7-4-3-5-8-14)20-17(21)13-22-16-10-6-9-15(19)11-16/h3-11H,12-13H2,1-2H3,(H,20,21). The first-order chi connectivity index (χ1) is 10.4. The zero-order valence-electron chi connectivity index (χ0n) is 12.8. The van der Waals surface area contributed by atoms with Crippen LogP contribution in [0.25, 0.3) is 0 Å². The molecule has 22 heavy (non-hydrogen) atoms. The van der Waals surface area contributed by atoms with Crippen LogP contribution in [0.15, 0.2) is 54.6 Å². The maximum Gasteiger partial charge on any atom is 0.258 e. The molecule has 0 heterocycles. The highest BCUT2D eigenvalue weighted by molar-refractivity contribution is 6.30. The fourth-order valence-electron chi connectivity index (χ4n) is 2.27. The average molecular weight is 318 g/mol. The van der Waals surface area contributed by atoms with E-state index in [0.29, 0.717) is 10.8 Å². The minimum absolute atomic E-state index is 0.0292. The number of hydrogen-bond acceptors (Lipinski definition) is 2. The molecule has 116 valence electrons. The van der Waals surface area contributed by atoms with E-state index in [9.17, 15) is 4.79 Å². The van der Waals surface area contributed by atoms with Gasteiger partial charge in [-0.05, 0) is 44.0 Å². The second kappa shape index (κ2) is 7.32. The smallest absolute Gasteiger partial charge is 0.258 e. The zero-order chi connectivity index (χ0) is 16.0. The lowest BCUT2D eigenvalue weighted by Crippen LogP contribution is -2.47. The van der Waals surface area contributed by atoms with E-state index < -0.39 is 0 Å². The van der Waals surface area contributed by atoms with Gasteiger partial charge in [-0.2, -0.15) is 0 Å². The number of halogens is 1. The summed E-state index contributed by atoms with van der Waals surface area (Å²) in [5.41, 5.74) is 0.847. The van der Waals surface area contributed by atoms with E-state index in [1.807, 2.05) is 32.0 Å². The van der Waals surface area contributed by atoms with Gasteiger partial charge in [0.1, 0.15) is 5.75 Å². The molecule has 0 aromatic heterocycles. The van der Waals surface area contributed by atoms with Crippen molar-refractivity contribution in [3.05, 3.63) is 65.2 Å². The molecule has 1 amide bonds. The first-order valence-electron chi connectivity index (χ1n) is 7.18. The number of carbonyl (C=O) groups is 1. The van der Waals surface area contributed by atoms with Crippen LogP contribution in [0.2, 0.25) is 5.02 Å². The molecule has 0 spiro atoms. The van der Waals surface area contributed by atoms with Gasteiger partial charge in [-0.15, -0.1) is 0 Å². The number of amides is 1. The first kappa shape index (κ1) is 16.4. The third-order valence-electron chi connectivity index (χ3n) is 3.13. The van der Waals surface area contributed by atoms with Crippen molar-refractivity contribution >= 4 is 17.5 Å². The Balaban J connectivity index is 1.85. The molecule has 0 atom stereocenters. The van der Waals surface area contributed by atoms with E-state index in [0.717, 1.165) is 6.42 Å². The molecule has 4 heteroatoms. The van der Waals surface area contributed by atoms with E-state index in [2.05, 4.69) is 17.4 Å². The van der Waals surface area contributed by atoms with Crippen molar-refractivity contribution in [2.24, 2.45) is 0 Å². The van der Waals surface area contributed by atoms with Gasteiger partial charge < -0.3 is 10.1 Å². The van der Waals surface area contributed by atoms with Crippen LogP contribution in [0.3, 0.4) is 0 Å². The van der Waals surface area contributed by atoms with Crippen LogP contribution in [0.4, 0.5) is 0 Å². The minimum atomic E-state index is -0.337. The molecule has 0 saturated heterocycles. The molecule has 0 aliphatic carbocycles. The van der Waals surface area contributed by atoms with Gasteiger partial charge in [-0.1, -0.05) is 48.0 Å². The van der Waals surface area contributed by atoms with Crippen LogP contribution in [-0.2, 0) is 11.2 Å². The fourth-order valence-corrected chi connectivity index (χ4v) is 2.45. The van der Waals surface area contributed by atoms with Crippen LogP contribution in [-0.4, -0.2) is 18.1 Å². The minimum Gasteiger partial charge on any atom is -0.484 e. The molecule has 2 aromatic rings. The molecule has 0 bridgehead atoms. The Bertz CT molecular complexity index is 626. The van der Waals surface area contributed by atoms with Crippen molar-refractivity contribution in [1.82, 2.24) is 5.32 Å². The molecule has 0 radical (unpaired) electrons. The molecular formula is C18H20ClNO2. The predicted molar refractivity (Wildman–Crippen MR) is 89.3 cm³/mol. The lowest BCUT2D eigenvalue weighted by Gasteiger charge is -2.26. The van der Waals surface area contributed by atoms with Crippen molar-refractivity contribution in [1.29, 1.82) is 0 Å². The largest absolute Gasteiger partial charge is 0.484 e. The Labute approximate surface area is 136 Å². The number of carbonyl (C=O) groups excluding carboxylic acids is 1. The maximum absolute atomic E-state index is 12.0. The monoisotopic (exact) mass is 317 g/mol. The molecule has 2 aromatic carbocycles. The SMILES string of the molecule is CC(C)(Cc1ccccc1)NC(=O)COc1cccc(Cl)c1. The topological polar surface area (TPSA) is 38.3 Å². The molecule has 1 N–H and O–H groups in total. The highest BCUT2D eigenvalue weighted by atomic mass is 35.5. The third kappa shape index (κ3) is 5.41. The normalized spacial score (nSPS) is 11.0. The summed E-state index contributed by atoms with van der Waals surface area (Å²) in [6.45, 7) is 3.97. The van der Waals surface area contributed by atoms with Crippen molar-refractivity contribution < 1.29 is 9.53 Å². The third-order valence-corrected chi connectivity index (χ3v) is 3.37. The molecule has 0 fully saturated rings. The predicted octanol–water partition coefficient (Wildman–Crippen LogP) is 3.86. The van der Waals surface area contributed by atoms with Gasteiger partial charge in [0.2, 0.25) is 0 Å². The van der Waals surface area contributed by atoms with Gasteiger partial charge in [0.05, 0.1) is 0 Å². The molecular weight excluding hydrogens is 298 g/mol. The summed E-state index contributed by atoms with van der Waals surface area (Å²) < 4.78 is 5.45. The number of benzene rings is 2. The Morgan fingerprint density at radius 2 is 1.86 bits per heavy atom. The summed E-state index contributed by atoms with van der Waals surface area (Å²) in [6, 6.07) is 17.1. The number of nitrogens with one attached hydrogen (secondary N) is 1. The van der Waals surface area contributed by atoms with Gasteiger partial charge >= 0.3 is 0 Å². The second-order valence-electron chi connectivity index (χ2n) is 5.84. The van der Waals surface area contributed by atoms with Gasteiger partial charge in [-0.25, -0.2) is 0 Å². The number of hydrogen-bond donors (Lipinski definition) is 1. The van der Waals surface area contributed by atoms with Crippen molar-refractivity contribution in [3.8, 4) is 5.75 Å². The average Bonchev–Trinajstić information content (AvgIpc) is 2.45. The van der Waals surface area contributed by atoms with E-state index in [-0.39, 0.29) is 18.1 Å². The van der Waals surface area contributed by atoms with E-state index in [1.165, 1.54) is 5.56 Å². The van der Waals surface area contributed by atoms with E-state index in [4.69, 9.17) is 16.3 Å². The first-order valence-corrected chi connectivity index (χ1v) is 7.56. The number of ether oxygens (including phenoxy) is 1. The summed E-state index contributed by atoms with van der Waals surface area (Å²) in [7, 11) is 0. The van der Waals surface area contributed by atoms with Crippen molar-refractivity contribution in [3.63, 3.8) is 0 Å². The van der Waals surface area contributed by atoms with Crippen molar-refractivity contribution in [2.75, 3.05) is 6.61 Å². The Morgan fingerprint density at radius 3 is 2.55 bits per heavy atom.